The van der Waals surface area contributed by atoms with Crippen LogP contribution in [0.1, 0.15) is 0 Å². The minimum Gasteiger partial charge on any atom is -0.207 e. The molecular formula is C27H19O+. The Morgan fingerprint density at radius 3 is 1.64 bits per heavy atom. The summed E-state index contributed by atoms with van der Waals surface area (Å²) in [5, 5.41) is 1.12. The van der Waals surface area contributed by atoms with Crippen LogP contribution in [0, 0.1) is 0 Å². The van der Waals surface area contributed by atoms with E-state index in [-0.39, 0.29) is 0 Å². The largest absolute Gasteiger partial charge is 0.362 e. The zero-order valence-electron chi connectivity index (χ0n) is 15.4. The average Bonchev–Trinajstić information content (AvgIpc) is 2.79. The summed E-state index contributed by atoms with van der Waals surface area (Å²) in [6.45, 7) is 0. The van der Waals surface area contributed by atoms with Gasteiger partial charge in [-0.3, -0.25) is 0 Å². The Labute approximate surface area is 164 Å². The van der Waals surface area contributed by atoms with Gasteiger partial charge in [0, 0.05) is 5.56 Å². The van der Waals surface area contributed by atoms with Crippen molar-refractivity contribution in [2.45, 2.75) is 0 Å². The number of hydrogen-bond acceptors (Lipinski definition) is 0. The zero-order valence-corrected chi connectivity index (χ0v) is 15.4. The molecule has 0 bridgehead atoms. The van der Waals surface area contributed by atoms with Gasteiger partial charge in [0.2, 0.25) is 0 Å². The molecule has 1 heteroatoms. The lowest BCUT2D eigenvalue weighted by Gasteiger charge is -2.05. The molecule has 0 aliphatic heterocycles. The molecule has 0 atom stereocenters. The van der Waals surface area contributed by atoms with Crippen LogP contribution in [0.2, 0.25) is 0 Å². The van der Waals surface area contributed by atoms with Gasteiger partial charge in [-0.2, -0.15) is 0 Å². The lowest BCUT2D eigenvalue weighted by atomic mass is 9.97. The monoisotopic (exact) mass is 359 g/mol. The van der Waals surface area contributed by atoms with Gasteiger partial charge >= 0.3 is 11.3 Å². The second kappa shape index (κ2) is 7.13. The molecule has 28 heavy (non-hydrogen) atoms. The van der Waals surface area contributed by atoms with E-state index in [1.165, 1.54) is 16.7 Å². The third-order valence-corrected chi connectivity index (χ3v) is 5.02. The minimum atomic E-state index is 0.872. The quantitative estimate of drug-likeness (QED) is 0.300. The van der Waals surface area contributed by atoms with Gasteiger partial charge in [0.05, 0.1) is 23.1 Å². The van der Waals surface area contributed by atoms with Crippen molar-refractivity contribution in [3.63, 3.8) is 0 Å². The predicted molar refractivity (Wildman–Crippen MR) is 117 cm³/mol. The average molecular weight is 359 g/mol. The Bertz CT molecular complexity index is 1220. The van der Waals surface area contributed by atoms with Crippen molar-refractivity contribution < 1.29 is 4.42 Å². The van der Waals surface area contributed by atoms with Gasteiger partial charge in [-0.1, -0.05) is 84.9 Å². The van der Waals surface area contributed by atoms with Gasteiger partial charge in [0.25, 0.3) is 0 Å². The fourth-order valence-electron chi connectivity index (χ4n) is 3.60. The molecule has 0 aliphatic carbocycles. The first kappa shape index (κ1) is 16.5. The summed E-state index contributed by atoms with van der Waals surface area (Å²) < 4.78 is 6.37. The molecule has 0 amide bonds. The summed E-state index contributed by atoms with van der Waals surface area (Å²) in [6, 6.07) is 39.8. The first-order valence-corrected chi connectivity index (χ1v) is 9.46. The molecule has 0 N–H and O–H groups in total. The smallest absolute Gasteiger partial charge is 0.207 e. The minimum absolute atomic E-state index is 0.872. The van der Waals surface area contributed by atoms with Crippen LogP contribution in [0.4, 0.5) is 0 Å². The molecule has 0 spiro atoms. The van der Waals surface area contributed by atoms with Crippen LogP contribution in [0.25, 0.3) is 44.5 Å². The van der Waals surface area contributed by atoms with E-state index in [2.05, 4.69) is 84.9 Å². The summed E-state index contributed by atoms with van der Waals surface area (Å²) in [4.78, 5) is 0. The number of hydrogen-bond donors (Lipinski definition) is 0. The van der Waals surface area contributed by atoms with Crippen LogP contribution in [0.3, 0.4) is 0 Å². The van der Waals surface area contributed by atoms with E-state index in [0.29, 0.717) is 0 Å². The molecule has 0 saturated heterocycles. The highest BCUT2D eigenvalue weighted by molar-refractivity contribution is 5.97. The van der Waals surface area contributed by atoms with E-state index in [1.807, 2.05) is 30.3 Å². The van der Waals surface area contributed by atoms with Crippen molar-refractivity contribution in [1.82, 2.24) is 0 Å². The van der Waals surface area contributed by atoms with Crippen molar-refractivity contribution in [2.75, 3.05) is 0 Å². The molecule has 1 heterocycles. The van der Waals surface area contributed by atoms with Gasteiger partial charge in [0.15, 0.2) is 0 Å². The molecule has 0 saturated carbocycles. The summed E-state index contributed by atoms with van der Waals surface area (Å²) in [5.41, 5.74) is 6.67. The van der Waals surface area contributed by atoms with Crippen LogP contribution >= 0.6 is 0 Å². The maximum atomic E-state index is 6.37. The van der Waals surface area contributed by atoms with Crippen LogP contribution in [0.15, 0.2) is 120 Å². The SMILES string of the molecule is c1ccc(-c2ccc3c(-c4ccccc4)cc(-c4ccccc4)[o+]c3c2)cc1. The van der Waals surface area contributed by atoms with Crippen molar-refractivity contribution in [3.8, 4) is 33.6 Å². The highest BCUT2D eigenvalue weighted by atomic mass is 16.3. The molecule has 5 rings (SSSR count). The lowest BCUT2D eigenvalue weighted by Crippen LogP contribution is -1.87. The topological polar surface area (TPSA) is 11.3 Å². The fraction of sp³-hybridized carbons (Fsp3) is 0. The Morgan fingerprint density at radius 2 is 1.00 bits per heavy atom. The molecule has 132 valence electrons. The Hall–Kier alpha value is -3.71. The van der Waals surface area contributed by atoms with Gasteiger partial charge in [-0.05, 0) is 34.9 Å². The lowest BCUT2D eigenvalue weighted by molar-refractivity contribution is 0.621. The molecule has 1 nitrogen and oxygen atoms in total. The predicted octanol–water partition coefficient (Wildman–Crippen LogP) is 7.71. The van der Waals surface area contributed by atoms with Crippen LogP contribution in [0.5, 0.6) is 0 Å². The van der Waals surface area contributed by atoms with Gasteiger partial charge in [0.1, 0.15) is 0 Å². The van der Waals surface area contributed by atoms with Gasteiger partial charge in [-0.25, -0.2) is 4.42 Å². The summed E-state index contributed by atoms with van der Waals surface area (Å²) in [7, 11) is 0. The maximum Gasteiger partial charge on any atom is 0.362 e. The second-order valence-corrected chi connectivity index (χ2v) is 6.83. The standard InChI is InChI=1S/C27H19O/c1-4-10-20(11-5-1)23-16-17-24-25(21-12-6-2-7-13-21)19-26(28-27(24)18-23)22-14-8-3-9-15-22/h1-19H/q+1. The van der Waals surface area contributed by atoms with E-state index in [4.69, 9.17) is 4.42 Å². The van der Waals surface area contributed by atoms with Crippen molar-refractivity contribution in [1.29, 1.82) is 0 Å². The highest BCUT2D eigenvalue weighted by Crippen LogP contribution is 2.36. The Balaban J connectivity index is 1.77. The van der Waals surface area contributed by atoms with Crippen molar-refractivity contribution in [2.24, 2.45) is 0 Å². The third kappa shape index (κ3) is 3.08. The molecule has 0 aliphatic rings. The van der Waals surface area contributed by atoms with Crippen molar-refractivity contribution >= 4 is 11.0 Å². The van der Waals surface area contributed by atoms with E-state index >= 15 is 0 Å². The number of fused-ring (bicyclic) bond motifs is 1. The fourth-order valence-corrected chi connectivity index (χ4v) is 3.60. The van der Waals surface area contributed by atoms with E-state index in [0.717, 1.165) is 27.9 Å². The molecule has 0 unspecified atom stereocenters. The van der Waals surface area contributed by atoms with Crippen molar-refractivity contribution in [3.05, 3.63) is 115 Å². The molecule has 4 aromatic carbocycles. The Morgan fingerprint density at radius 1 is 0.429 bits per heavy atom. The van der Waals surface area contributed by atoms with E-state index < -0.39 is 0 Å². The first-order valence-electron chi connectivity index (χ1n) is 9.46. The molecule has 5 aromatic rings. The van der Waals surface area contributed by atoms with Crippen LogP contribution in [-0.4, -0.2) is 0 Å². The normalized spacial score (nSPS) is 10.9. The summed E-state index contributed by atoms with van der Waals surface area (Å²) in [6.07, 6.45) is 0. The van der Waals surface area contributed by atoms with Crippen LogP contribution in [-0.2, 0) is 0 Å². The number of rotatable bonds is 3. The molecule has 0 fully saturated rings. The number of benzene rings is 4. The maximum absolute atomic E-state index is 6.37. The van der Waals surface area contributed by atoms with Gasteiger partial charge < -0.3 is 0 Å². The highest BCUT2D eigenvalue weighted by Gasteiger charge is 2.20. The van der Waals surface area contributed by atoms with E-state index in [9.17, 15) is 0 Å². The van der Waals surface area contributed by atoms with Crippen LogP contribution < -0.4 is 0 Å². The first-order chi connectivity index (χ1) is 13.9. The molecule has 1 aromatic heterocycles. The third-order valence-electron chi connectivity index (χ3n) is 5.02. The summed E-state index contributed by atoms with van der Waals surface area (Å²) in [5.74, 6) is 0.872. The molecular weight excluding hydrogens is 340 g/mol. The summed E-state index contributed by atoms with van der Waals surface area (Å²) >= 11 is 0. The van der Waals surface area contributed by atoms with E-state index in [1.54, 1.807) is 0 Å². The zero-order chi connectivity index (χ0) is 18.8. The Kier molecular flexibility index (Phi) is 4.19. The molecule has 0 radical (unpaired) electrons. The second-order valence-electron chi connectivity index (χ2n) is 6.83. The van der Waals surface area contributed by atoms with Gasteiger partial charge in [-0.15, -0.1) is 0 Å².